The Balaban J connectivity index is 2.00. The molecular weight excluding hydrogens is 514 g/mol. The predicted molar refractivity (Wildman–Crippen MR) is 118 cm³/mol. The molecule has 0 aliphatic heterocycles. The van der Waals surface area contributed by atoms with Crippen LogP contribution in [0.3, 0.4) is 0 Å². The summed E-state index contributed by atoms with van der Waals surface area (Å²) in [6, 6.07) is 5.94. The van der Waals surface area contributed by atoms with Crippen molar-refractivity contribution in [3.63, 3.8) is 0 Å². The summed E-state index contributed by atoms with van der Waals surface area (Å²) in [4.78, 5) is 11.4. The summed E-state index contributed by atoms with van der Waals surface area (Å²) in [5, 5.41) is 11.7. The van der Waals surface area contributed by atoms with Crippen LogP contribution in [-0.4, -0.2) is 37.9 Å². The van der Waals surface area contributed by atoms with E-state index in [4.69, 9.17) is 16.3 Å². The van der Waals surface area contributed by atoms with Gasteiger partial charge in [0.1, 0.15) is 5.69 Å². The Morgan fingerprint density at radius 3 is 2.33 bits per heavy atom. The molecule has 0 saturated heterocycles. The topological polar surface area (TPSA) is 73.1 Å². The molecule has 0 fully saturated rings. The molecule has 13 heteroatoms. The van der Waals surface area contributed by atoms with Gasteiger partial charge >= 0.3 is 12.4 Å². The Labute approximate surface area is 205 Å². The van der Waals surface area contributed by atoms with Crippen LogP contribution < -0.4 is 4.74 Å². The zero-order chi connectivity index (χ0) is 26.5. The number of benzene rings is 1. The first-order chi connectivity index (χ1) is 16.8. The lowest BCUT2D eigenvalue weighted by Crippen LogP contribution is -2.31. The number of aryl methyl sites for hydroxylation is 1. The lowest BCUT2D eigenvalue weighted by Gasteiger charge is -2.30. The van der Waals surface area contributed by atoms with Gasteiger partial charge in [0, 0.05) is 24.2 Å². The molecule has 0 amide bonds. The van der Waals surface area contributed by atoms with E-state index in [-0.39, 0.29) is 38.6 Å². The number of hydrogen-bond donors (Lipinski definition) is 1. The van der Waals surface area contributed by atoms with Crippen LogP contribution in [0.25, 0.3) is 10.9 Å². The molecule has 0 unspecified atom stereocenters. The molecule has 4 rings (SSSR count). The molecule has 36 heavy (non-hydrogen) atoms. The second-order valence-electron chi connectivity index (χ2n) is 7.97. The molecule has 1 N–H and O–H groups in total. The van der Waals surface area contributed by atoms with Crippen molar-refractivity contribution in [1.29, 1.82) is 0 Å². The highest BCUT2D eigenvalue weighted by Gasteiger charge is 2.40. The third-order valence-corrected chi connectivity index (χ3v) is 6.05. The number of alkyl halides is 6. The first-order valence-corrected chi connectivity index (χ1v) is 10.6. The van der Waals surface area contributed by atoms with Gasteiger partial charge in [-0.1, -0.05) is 17.7 Å². The number of aromatic nitrogens is 4. The highest BCUT2D eigenvalue weighted by atomic mass is 35.5. The Bertz CT molecular complexity index is 1440. The second kappa shape index (κ2) is 8.93. The van der Waals surface area contributed by atoms with Gasteiger partial charge in [0.15, 0.2) is 5.60 Å². The monoisotopic (exact) mass is 530 g/mol. The molecule has 0 aliphatic rings. The molecule has 0 saturated carbocycles. The van der Waals surface area contributed by atoms with Crippen molar-refractivity contribution < 1.29 is 36.2 Å². The van der Waals surface area contributed by atoms with Gasteiger partial charge in [-0.15, -0.1) is 0 Å². The molecular formula is C23H17ClF6N4O2. The molecule has 6 nitrogen and oxygen atoms in total. The number of aliphatic hydroxyl groups is 1. The number of imidazole rings is 1. The maximum atomic E-state index is 13.4. The number of fused-ring (bicyclic) bond motifs is 1. The number of pyridine rings is 2. The van der Waals surface area contributed by atoms with E-state index < -0.39 is 35.6 Å². The molecule has 0 radical (unpaired) electrons. The number of nitrogens with zero attached hydrogens (tertiary/aromatic N) is 4. The maximum Gasteiger partial charge on any atom is 0.433 e. The third kappa shape index (κ3) is 4.58. The first-order valence-electron chi connectivity index (χ1n) is 10.2. The van der Waals surface area contributed by atoms with Gasteiger partial charge in [0.25, 0.3) is 0 Å². The molecule has 0 aliphatic carbocycles. The van der Waals surface area contributed by atoms with Crippen molar-refractivity contribution in [3.8, 4) is 5.88 Å². The van der Waals surface area contributed by atoms with Gasteiger partial charge < -0.3 is 14.4 Å². The molecule has 1 aromatic carbocycles. The molecule has 0 bridgehead atoms. The summed E-state index contributed by atoms with van der Waals surface area (Å²) in [5.74, 6) is -0.316. The minimum Gasteiger partial charge on any atom is -0.481 e. The van der Waals surface area contributed by atoms with E-state index in [2.05, 4.69) is 15.0 Å². The van der Waals surface area contributed by atoms with E-state index in [0.717, 1.165) is 13.3 Å². The van der Waals surface area contributed by atoms with E-state index in [1.807, 2.05) is 0 Å². The van der Waals surface area contributed by atoms with Gasteiger partial charge in [-0.25, -0.2) is 9.97 Å². The van der Waals surface area contributed by atoms with Crippen LogP contribution in [0.1, 0.15) is 28.1 Å². The Morgan fingerprint density at radius 1 is 1.06 bits per heavy atom. The number of hydrogen-bond acceptors (Lipinski definition) is 5. The van der Waals surface area contributed by atoms with Crippen molar-refractivity contribution in [2.75, 3.05) is 7.11 Å². The fourth-order valence-corrected chi connectivity index (χ4v) is 4.27. The van der Waals surface area contributed by atoms with Gasteiger partial charge in [0.05, 0.1) is 42.3 Å². The summed E-state index contributed by atoms with van der Waals surface area (Å²) in [6.07, 6.45) is -7.32. The Morgan fingerprint density at radius 2 is 1.75 bits per heavy atom. The van der Waals surface area contributed by atoms with Crippen LogP contribution in [0.5, 0.6) is 5.88 Å². The van der Waals surface area contributed by atoms with E-state index in [0.29, 0.717) is 6.07 Å². The zero-order valence-electron chi connectivity index (χ0n) is 18.6. The fraction of sp³-hybridized carbons (Fsp3) is 0.261. The largest absolute Gasteiger partial charge is 0.481 e. The smallest absolute Gasteiger partial charge is 0.433 e. The normalized spacial score (nSPS) is 14.2. The number of methoxy groups -OCH3 is 1. The van der Waals surface area contributed by atoms with Gasteiger partial charge in [-0.05, 0) is 35.4 Å². The van der Waals surface area contributed by atoms with Crippen molar-refractivity contribution in [2.45, 2.75) is 24.4 Å². The second-order valence-corrected chi connectivity index (χ2v) is 8.34. The predicted octanol–water partition coefficient (Wildman–Crippen LogP) is 5.43. The molecule has 3 aromatic heterocycles. The standard InChI is InChI=1S/C23H17ClF6N4O2/c1-34-11-31-10-18(34)22(35,13-5-6-32-17(8-13)23(28,29)30)12-3-4-16-14(7-12)19(24)15(9-21(25,26)27)20(33-16)36-2/h3-8,10-11,35H,9H2,1-2H3/t22-/m0/s1. The molecule has 4 aromatic rings. The number of ether oxygens (including phenoxy) is 1. The van der Waals surface area contributed by atoms with E-state index >= 15 is 0 Å². The molecule has 190 valence electrons. The fourth-order valence-electron chi connectivity index (χ4n) is 3.97. The summed E-state index contributed by atoms with van der Waals surface area (Å²) in [7, 11) is 2.68. The maximum absolute atomic E-state index is 13.4. The van der Waals surface area contributed by atoms with Crippen molar-refractivity contribution in [3.05, 3.63) is 82.2 Å². The first kappa shape index (κ1) is 25.7. The number of halogens is 7. The third-order valence-electron chi connectivity index (χ3n) is 5.62. The summed E-state index contributed by atoms with van der Waals surface area (Å²) < 4.78 is 86.2. The van der Waals surface area contributed by atoms with E-state index in [1.54, 1.807) is 0 Å². The molecule has 0 spiro atoms. The average Bonchev–Trinajstić information content (AvgIpc) is 3.25. The van der Waals surface area contributed by atoms with E-state index in [1.165, 1.54) is 48.4 Å². The summed E-state index contributed by atoms with van der Waals surface area (Å²) in [5.41, 5.74) is -3.79. The van der Waals surface area contributed by atoms with Crippen LogP contribution in [0.15, 0.2) is 49.1 Å². The average molecular weight is 531 g/mol. The van der Waals surface area contributed by atoms with Crippen LogP contribution in [0.2, 0.25) is 5.02 Å². The zero-order valence-corrected chi connectivity index (χ0v) is 19.4. The SMILES string of the molecule is COc1nc2ccc([C@](O)(c3ccnc(C(F)(F)F)c3)c3cncn3C)cc2c(Cl)c1CC(F)(F)F. The lowest BCUT2D eigenvalue weighted by molar-refractivity contribution is -0.141. The highest BCUT2D eigenvalue weighted by Crippen LogP contribution is 2.42. The van der Waals surface area contributed by atoms with Crippen LogP contribution in [0, 0.1) is 0 Å². The molecule has 3 heterocycles. The Kier molecular flexibility index (Phi) is 6.38. The van der Waals surface area contributed by atoms with Crippen molar-refractivity contribution in [2.24, 2.45) is 7.05 Å². The van der Waals surface area contributed by atoms with Crippen LogP contribution >= 0.6 is 11.6 Å². The summed E-state index contributed by atoms with van der Waals surface area (Å²) >= 11 is 6.36. The van der Waals surface area contributed by atoms with E-state index in [9.17, 15) is 31.4 Å². The van der Waals surface area contributed by atoms with Crippen molar-refractivity contribution in [1.82, 2.24) is 19.5 Å². The lowest BCUT2D eigenvalue weighted by atomic mass is 9.83. The highest BCUT2D eigenvalue weighted by molar-refractivity contribution is 6.36. The quantitative estimate of drug-likeness (QED) is 0.348. The summed E-state index contributed by atoms with van der Waals surface area (Å²) in [6.45, 7) is 0. The van der Waals surface area contributed by atoms with Gasteiger partial charge in [-0.3, -0.25) is 4.98 Å². The molecule has 1 atom stereocenters. The van der Waals surface area contributed by atoms with Crippen LogP contribution in [0.4, 0.5) is 26.3 Å². The minimum atomic E-state index is -4.79. The van der Waals surface area contributed by atoms with Crippen LogP contribution in [-0.2, 0) is 25.2 Å². The van der Waals surface area contributed by atoms with Gasteiger partial charge in [0.2, 0.25) is 5.88 Å². The number of rotatable bonds is 5. The minimum absolute atomic E-state index is 0.0183. The van der Waals surface area contributed by atoms with Gasteiger partial charge in [-0.2, -0.15) is 26.3 Å². The van der Waals surface area contributed by atoms with Crippen molar-refractivity contribution >= 4 is 22.5 Å². The Hall–Kier alpha value is -3.38.